The highest BCUT2D eigenvalue weighted by atomic mass is 16.5. The van der Waals surface area contributed by atoms with Crippen molar-refractivity contribution < 1.29 is 19.0 Å². The lowest BCUT2D eigenvalue weighted by Crippen LogP contribution is -2.33. The van der Waals surface area contributed by atoms with Crippen LogP contribution in [0.25, 0.3) is 10.9 Å². The van der Waals surface area contributed by atoms with E-state index in [2.05, 4.69) is 45.1 Å². The highest BCUT2D eigenvalue weighted by Crippen LogP contribution is 2.29. The van der Waals surface area contributed by atoms with Gasteiger partial charge in [0.05, 0.1) is 33.4 Å². The van der Waals surface area contributed by atoms with E-state index in [0.717, 1.165) is 47.1 Å². The maximum Gasteiger partial charge on any atom is 0.407 e. The summed E-state index contributed by atoms with van der Waals surface area (Å²) in [5.74, 6) is 2.89. The van der Waals surface area contributed by atoms with Gasteiger partial charge in [0.1, 0.15) is 17.3 Å². The Morgan fingerprint density at radius 2 is 1.77 bits per heavy atom. The van der Waals surface area contributed by atoms with Crippen molar-refractivity contribution in [1.82, 2.24) is 25.1 Å². The number of carbonyl (C=O) groups excluding carboxylic acids is 1. The molecule has 0 bridgehead atoms. The van der Waals surface area contributed by atoms with Crippen LogP contribution < -0.4 is 14.8 Å². The molecule has 43 heavy (non-hydrogen) atoms. The molecule has 1 atom stereocenters. The fraction of sp³-hybridized carbons (Fsp3) is 0.324. The lowest BCUT2D eigenvalue weighted by Gasteiger charge is -2.21. The summed E-state index contributed by atoms with van der Waals surface area (Å²) in [6.45, 7) is 2.88. The Bertz CT molecular complexity index is 1630. The van der Waals surface area contributed by atoms with Gasteiger partial charge in [0.15, 0.2) is 5.82 Å². The standard InChI is InChI=1S/C34H39N5O4/c1-4-5-19-43-34(40)36-30(20-26-22-35-29-14-10-9-13-28(26)29)33-38-37-32(18-15-24-11-7-6-8-12-24)39(33)23-25-16-17-27(41-2)21-31(25)42-3/h6-14,16-17,21-22,30,35H,4-5,15,18-20,23H2,1-3H3,(H,36,40). The van der Waals surface area contributed by atoms with Crippen LogP contribution >= 0.6 is 0 Å². The molecule has 224 valence electrons. The monoisotopic (exact) mass is 581 g/mol. The lowest BCUT2D eigenvalue weighted by atomic mass is 10.0. The normalized spacial score (nSPS) is 11.8. The molecule has 0 aliphatic rings. The van der Waals surface area contributed by atoms with Crippen molar-refractivity contribution in [2.75, 3.05) is 20.8 Å². The van der Waals surface area contributed by atoms with Gasteiger partial charge in [0.2, 0.25) is 0 Å². The number of benzene rings is 3. The second-order valence-corrected chi connectivity index (χ2v) is 10.5. The van der Waals surface area contributed by atoms with Gasteiger partial charge in [0.25, 0.3) is 0 Å². The van der Waals surface area contributed by atoms with E-state index in [4.69, 9.17) is 19.3 Å². The number of hydrogen-bond donors (Lipinski definition) is 2. The summed E-state index contributed by atoms with van der Waals surface area (Å²) in [6, 6.07) is 23.7. The number of H-pyrrole nitrogens is 1. The van der Waals surface area contributed by atoms with Crippen molar-refractivity contribution in [3.05, 3.63) is 107 Å². The van der Waals surface area contributed by atoms with Gasteiger partial charge in [-0.15, -0.1) is 10.2 Å². The van der Waals surface area contributed by atoms with Gasteiger partial charge >= 0.3 is 6.09 Å². The molecule has 0 radical (unpaired) electrons. The molecule has 1 amide bonds. The van der Waals surface area contributed by atoms with Crippen molar-refractivity contribution in [2.24, 2.45) is 0 Å². The zero-order valence-electron chi connectivity index (χ0n) is 25.0. The summed E-state index contributed by atoms with van der Waals surface area (Å²) in [5.41, 5.74) is 4.27. The summed E-state index contributed by atoms with van der Waals surface area (Å²) in [7, 11) is 3.28. The van der Waals surface area contributed by atoms with Crippen molar-refractivity contribution in [3.63, 3.8) is 0 Å². The summed E-state index contributed by atoms with van der Waals surface area (Å²) < 4.78 is 18.8. The van der Waals surface area contributed by atoms with Crippen LogP contribution in [0, 0.1) is 0 Å². The summed E-state index contributed by atoms with van der Waals surface area (Å²) in [6.07, 6.45) is 5.25. The minimum atomic E-state index is -0.490. The fourth-order valence-corrected chi connectivity index (χ4v) is 5.24. The van der Waals surface area contributed by atoms with Crippen molar-refractivity contribution >= 4 is 17.0 Å². The van der Waals surface area contributed by atoms with Gasteiger partial charge in [-0.1, -0.05) is 61.9 Å². The fourth-order valence-electron chi connectivity index (χ4n) is 5.24. The van der Waals surface area contributed by atoms with E-state index in [1.165, 1.54) is 5.56 Å². The smallest absolute Gasteiger partial charge is 0.407 e. The van der Waals surface area contributed by atoms with Crippen LogP contribution in [0.4, 0.5) is 4.79 Å². The number of nitrogens with zero attached hydrogens (tertiary/aromatic N) is 3. The van der Waals surface area contributed by atoms with Crippen LogP contribution in [0.2, 0.25) is 0 Å². The Balaban J connectivity index is 1.53. The first-order valence-corrected chi connectivity index (χ1v) is 14.7. The van der Waals surface area contributed by atoms with E-state index >= 15 is 0 Å². The van der Waals surface area contributed by atoms with Crippen LogP contribution in [0.5, 0.6) is 11.5 Å². The SMILES string of the molecule is CCCCOC(=O)NC(Cc1c[nH]c2ccccc12)c1nnc(CCc2ccccc2)n1Cc1ccc(OC)cc1OC. The third-order valence-electron chi connectivity index (χ3n) is 7.59. The molecule has 0 spiro atoms. The number of aromatic amines is 1. The number of aromatic nitrogens is 4. The number of carbonyl (C=O) groups is 1. The number of hydrogen-bond acceptors (Lipinski definition) is 6. The van der Waals surface area contributed by atoms with Gasteiger partial charge in [-0.2, -0.15) is 0 Å². The summed E-state index contributed by atoms with van der Waals surface area (Å²) in [4.78, 5) is 16.4. The van der Waals surface area contributed by atoms with Crippen molar-refractivity contribution in [2.45, 2.75) is 51.6 Å². The molecule has 2 aromatic heterocycles. The van der Waals surface area contributed by atoms with E-state index in [0.29, 0.717) is 43.3 Å². The first kappa shape index (κ1) is 29.7. The number of methoxy groups -OCH3 is 2. The number of fused-ring (bicyclic) bond motifs is 1. The van der Waals surface area contributed by atoms with E-state index in [1.807, 2.05) is 60.8 Å². The zero-order chi connectivity index (χ0) is 30.0. The van der Waals surface area contributed by atoms with Crippen molar-refractivity contribution in [1.29, 1.82) is 0 Å². The quantitative estimate of drug-likeness (QED) is 0.147. The van der Waals surface area contributed by atoms with E-state index in [1.54, 1.807) is 14.2 Å². The Hall–Kier alpha value is -4.79. The van der Waals surface area contributed by atoms with Crippen LogP contribution in [-0.2, 0) is 30.5 Å². The molecule has 5 rings (SSSR count). The largest absolute Gasteiger partial charge is 0.497 e. The first-order valence-electron chi connectivity index (χ1n) is 14.7. The Kier molecular flexibility index (Phi) is 9.94. The maximum atomic E-state index is 13.0. The minimum absolute atomic E-state index is 0.361. The topological polar surface area (TPSA) is 103 Å². The number of para-hydroxylation sites is 1. The molecule has 5 aromatic rings. The predicted molar refractivity (Wildman–Crippen MR) is 167 cm³/mol. The molecule has 0 aliphatic heterocycles. The highest BCUT2D eigenvalue weighted by molar-refractivity contribution is 5.83. The molecule has 1 unspecified atom stereocenters. The minimum Gasteiger partial charge on any atom is -0.497 e. The molecular formula is C34H39N5O4. The van der Waals surface area contributed by atoms with Gasteiger partial charge in [-0.25, -0.2) is 4.79 Å². The van der Waals surface area contributed by atoms with Crippen molar-refractivity contribution in [3.8, 4) is 11.5 Å². The molecule has 0 saturated carbocycles. The lowest BCUT2D eigenvalue weighted by molar-refractivity contribution is 0.140. The maximum absolute atomic E-state index is 13.0. The van der Waals surface area contributed by atoms with Crippen LogP contribution in [0.3, 0.4) is 0 Å². The second kappa shape index (κ2) is 14.4. The molecular weight excluding hydrogens is 542 g/mol. The van der Waals surface area contributed by atoms with Gasteiger partial charge in [0, 0.05) is 41.6 Å². The third kappa shape index (κ3) is 7.35. The number of alkyl carbamates (subject to hydrolysis) is 1. The highest BCUT2D eigenvalue weighted by Gasteiger charge is 2.26. The number of ether oxygens (including phenoxy) is 3. The first-order chi connectivity index (χ1) is 21.1. The van der Waals surface area contributed by atoms with E-state index in [-0.39, 0.29) is 0 Å². The number of amides is 1. The Morgan fingerprint density at radius 1 is 0.953 bits per heavy atom. The molecule has 0 saturated heterocycles. The average molecular weight is 582 g/mol. The zero-order valence-corrected chi connectivity index (χ0v) is 25.0. The molecule has 2 heterocycles. The second-order valence-electron chi connectivity index (χ2n) is 10.5. The van der Waals surface area contributed by atoms with E-state index in [9.17, 15) is 4.79 Å². The molecule has 9 nitrogen and oxygen atoms in total. The van der Waals surface area contributed by atoms with Crippen LogP contribution in [0.15, 0.2) is 79.0 Å². The number of rotatable bonds is 14. The summed E-state index contributed by atoms with van der Waals surface area (Å²) in [5, 5.41) is 13.6. The van der Waals surface area contributed by atoms with Gasteiger partial charge in [-0.3, -0.25) is 0 Å². The number of nitrogens with one attached hydrogen (secondary N) is 2. The molecule has 9 heteroatoms. The summed E-state index contributed by atoms with van der Waals surface area (Å²) >= 11 is 0. The predicted octanol–water partition coefficient (Wildman–Crippen LogP) is 6.42. The van der Waals surface area contributed by atoms with Gasteiger partial charge in [-0.05, 0) is 42.2 Å². The van der Waals surface area contributed by atoms with Gasteiger partial charge < -0.3 is 29.1 Å². The molecule has 3 aromatic carbocycles. The number of unbranched alkanes of at least 4 members (excludes halogenated alkanes) is 1. The molecule has 0 fully saturated rings. The molecule has 0 aliphatic carbocycles. The average Bonchev–Trinajstić information content (AvgIpc) is 3.64. The molecule has 2 N–H and O–H groups in total. The third-order valence-corrected chi connectivity index (χ3v) is 7.59. The van der Waals surface area contributed by atoms with Crippen LogP contribution in [0.1, 0.15) is 54.1 Å². The Labute approximate surface area is 252 Å². The number of aryl methyl sites for hydroxylation is 2. The van der Waals surface area contributed by atoms with Crippen LogP contribution in [-0.4, -0.2) is 46.7 Å². The van der Waals surface area contributed by atoms with E-state index < -0.39 is 12.1 Å². The Morgan fingerprint density at radius 3 is 2.56 bits per heavy atom.